The Balaban J connectivity index is 1.99. The van der Waals surface area contributed by atoms with Crippen molar-refractivity contribution in [3.63, 3.8) is 0 Å². The van der Waals surface area contributed by atoms with Gasteiger partial charge in [-0.15, -0.1) is 0 Å². The quantitative estimate of drug-likeness (QED) is 0.740. The molecule has 0 aromatic heterocycles. The summed E-state index contributed by atoms with van der Waals surface area (Å²) >= 11 is 2.35. The summed E-state index contributed by atoms with van der Waals surface area (Å²) in [4.78, 5) is 2.46. The van der Waals surface area contributed by atoms with E-state index in [1.165, 1.54) is 14.9 Å². The molecule has 1 atom stereocenters. The molecule has 3 rings (SSSR count). The van der Waals surface area contributed by atoms with Gasteiger partial charge in [-0.05, 0) is 40.8 Å². The van der Waals surface area contributed by atoms with E-state index in [1.807, 2.05) is 0 Å². The fourth-order valence-corrected chi connectivity index (χ4v) is 2.76. The maximum Gasteiger partial charge on any atom is 0.0697 e. The molecule has 2 aliphatic heterocycles. The zero-order chi connectivity index (χ0) is 10.3. The molecule has 0 amide bonds. The van der Waals surface area contributed by atoms with E-state index in [-0.39, 0.29) is 0 Å². The Labute approximate surface area is 103 Å². The molecular formula is C11H13IN2O. The van der Waals surface area contributed by atoms with Gasteiger partial charge in [0.1, 0.15) is 0 Å². The van der Waals surface area contributed by atoms with Gasteiger partial charge in [-0.2, -0.15) is 0 Å². The lowest BCUT2D eigenvalue weighted by Gasteiger charge is -2.42. The van der Waals surface area contributed by atoms with Crippen LogP contribution in [0.3, 0.4) is 0 Å². The Kier molecular flexibility index (Phi) is 2.48. The molecule has 1 fully saturated rings. The van der Waals surface area contributed by atoms with Gasteiger partial charge < -0.3 is 15.0 Å². The van der Waals surface area contributed by atoms with E-state index in [9.17, 15) is 0 Å². The van der Waals surface area contributed by atoms with Crippen LogP contribution >= 0.6 is 22.6 Å². The summed E-state index contributed by atoms with van der Waals surface area (Å²) < 4.78 is 6.78. The molecule has 2 aliphatic rings. The van der Waals surface area contributed by atoms with Crippen LogP contribution in [0.4, 0.5) is 11.4 Å². The normalized spacial score (nSPS) is 24.1. The molecule has 3 nitrogen and oxygen atoms in total. The molecule has 1 saturated heterocycles. The summed E-state index contributed by atoms with van der Waals surface area (Å²) in [5.41, 5.74) is 2.59. The minimum atomic E-state index is 0.506. The topological polar surface area (TPSA) is 24.5 Å². The predicted octanol–water partition coefficient (Wildman–Crippen LogP) is 1.92. The van der Waals surface area contributed by atoms with Crippen molar-refractivity contribution in [2.75, 3.05) is 36.5 Å². The smallest absolute Gasteiger partial charge is 0.0697 e. The van der Waals surface area contributed by atoms with Gasteiger partial charge in [0.25, 0.3) is 0 Å². The van der Waals surface area contributed by atoms with Crippen LogP contribution in [0.1, 0.15) is 0 Å². The standard InChI is InChI=1S/C11H13IN2O/c12-8-1-2-11-10(5-8)13-6-9-7-15-4-3-14(9)11/h1-2,5,9,13H,3-4,6-7H2. The third kappa shape index (κ3) is 1.69. The summed E-state index contributed by atoms with van der Waals surface area (Å²) in [6.07, 6.45) is 0. The number of benzene rings is 1. The molecule has 1 unspecified atom stereocenters. The monoisotopic (exact) mass is 316 g/mol. The van der Waals surface area contributed by atoms with E-state index in [0.29, 0.717) is 6.04 Å². The van der Waals surface area contributed by atoms with Crippen LogP contribution < -0.4 is 10.2 Å². The first kappa shape index (κ1) is 9.72. The average molecular weight is 316 g/mol. The fraction of sp³-hybridized carbons (Fsp3) is 0.455. The van der Waals surface area contributed by atoms with Crippen molar-refractivity contribution >= 4 is 34.0 Å². The number of nitrogens with zero attached hydrogens (tertiary/aromatic N) is 1. The van der Waals surface area contributed by atoms with Crippen LogP contribution in [0, 0.1) is 3.57 Å². The summed E-state index contributed by atoms with van der Waals surface area (Å²) in [6.45, 7) is 3.70. The maximum absolute atomic E-state index is 5.49. The number of anilines is 2. The second kappa shape index (κ2) is 3.83. The van der Waals surface area contributed by atoms with E-state index in [2.05, 4.69) is 51.0 Å². The second-order valence-electron chi connectivity index (χ2n) is 3.96. The minimum absolute atomic E-state index is 0.506. The molecule has 1 aromatic carbocycles. The van der Waals surface area contributed by atoms with Gasteiger partial charge in [0.15, 0.2) is 0 Å². The fourth-order valence-electron chi connectivity index (χ4n) is 2.27. The molecule has 0 radical (unpaired) electrons. The lowest BCUT2D eigenvalue weighted by Crippen LogP contribution is -2.51. The van der Waals surface area contributed by atoms with Crippen LogP contribution in [0.5, 0.6) is 0 Å². The van der Waals surface area contributed by atoms with Crippen molar-refractivity contribution < 1.29 is 4.74 Å². The van der Waals surface area contributed by atoms with Gasteiger partial charge in [0.05, 0.1) is 30.6 Å². The molecule has 80 valence electrons. The molecule has 0 aliphatic carbocycles. The number of ether oxygens (including phenoxy) is 1. The molecule has 1 aromatic rings. The van der Waals surface area contributed by atoms with Crippen LogP contribution in [0.2, 0.25) is 0 Å². The van der Waals surface area contributed by atoms with Gasteiger partial charge in [0.2, 0.25) is 0 Å². The first-order chi connectivity index (χ1) is 7.34. The largest absolute Gasteiger partial charge is 0.381 e. The highest BCUT2D eigenvalue weighted by Crippen LogP contribution is 2.33. The highest BCUT2D eigenvalue weighted by atomic mass is 127. The van der Waals surface area contributed by atoms with E-state index in [0.717, 1.165) is 26.3 Å². The number of hydrogen-bond acceptors (Lipinski definition) is 3. The minimum Gasteiger partial charge on any atom is -0.381 e. The summed E-state index contributed by atoms with van der Waals surface area (Å²) in [5, 5.41) is 3.48. The average Bonchev–Trinajstić information content (AvgIpc) is 2.28. The Morgan fingerprint density at radius 3 is 3.33 bits per heavy atom. The van der Waals surface area contributed by atoms with Crippen LogP contribution in [0.15, 0.2) is 18.2 Å². The Hall–Kier alpha value is -0.490. The number of nitrogens with one attached hydrogen (secondary N) is 1. The third-order valence-corrected chi connectivity index (χ3v) is 3.69. The highest BCUT2D eigenvalue weighted by molar-refractivity contribution is 14.1. The molecule has 1 N–H and O–H groups in total. The Morgan fingerprint density at radius 2 is 2.40 bits per heavy atom. The van der Waals surface area contributed by atoms with Crippen molar-refractivity contribution in [1.82, 2.24) is 0 Å². The van der Waals surface area contributed by atoms with E-state index >= 15 is 0 Å². The molecule has 0 bridgehead atoms. The SMILES string of the molecule is Ic1ccc2c(c1)NCC1COCCN21. The van der Waals surface area contributed by atoms with E-state index in [1.54, 1.807) is 0 Å². The number of morpholine rings is 1. The predicted molar refractivity (Wildman–Crippen MR) is 69.6 cm³/mol. The number of fused-ring (bicyclic) bond motifs is 3. The summed E-state index contributed by atoms with van der Waals surface area (Å²) in [7, 11) is 0. The second-order valence-corrected chi connectivity index (χ2v) is 5.21. The number of rotatable bonds is 0. The van der Waals surface area contributed by atoms with Gasteiger partial charge in [-0.1, -0.05) is 0 Å². The molecule has 0 spiro atoms. The zero-order valence-corrected chi connectivity index (χ0v) is 10.5. The lowest BCUT2D eigenvalue weighted by atomic mass is 10.1. The molecule has 0 saturated carbocycles. The molecule has 15 heavy (non-hydrogen) atoms. The highest BCUT2D eigenvalue weighted by Gasteiger charge is 2.28. The molecule has 2 heterocycles. The van der Waals surface area contributed by atoms with Crippen molar-refractivity contribution in [3.05, 3.63) is 21.8 Å². The van der Waals surface area contributed by atoms with E-state index in [4.69, 9.17) is 4.74 Å². The van der Waals surface area contributed by atoms with Crippen molar-refractivity contribution in [3.8, 4) is 0 Å². The van der Waals surface area contributed by atoms with Crippen LogP contribution in [-0.2, 0) is 4.74 Å². The van der Waals surface area contributed by atoms with Gasteiger partial charge in [0, 0.05) is 16.7 Å². The van der Waals surface area contributed by atoms with Gasteiger partial charge in [-0.25, -0.2) is 0 Å². The number of hydrogen-bond donors (Lipinski definition) is 1. The van der Waals surface area contributed by atoms with Gasteiger partial charge in [-0.3, -0.25) is 0 Å². The van der Waals surface area contributed by atoms with Crippen molar-refractivity contribution in [2.45, 2.75) is 6.04 Å². The first-order valence-electron chi connectivity index (χ1n) is 5.22. The summed E-state index contributed by atoms with van der Waals surface area (Å²) in [5.74, 6) is 0. The zero-order valence-electron chi connectivity index (χ0n) is 8.37. The lowest BCUT2D eigenvalue weighted by molar-refractivity contribution is 0.0964. The Bertz CT molecular complexity index is 383. The maximum atomic E-state index is 5.49. The number of halogens is 1. The van der Waals surface area contributed by atoms with Crippen LogP contribution in [-0.4, -0.2) is 32.3 Å². The van der Waals surface area contributed by atoms with Crippen molar-refractivity contribution in [1.29, 1.82) is 0 Å². The Morgan fingerprint density at radius 1 is 1.47 bits per heavy atom. The molecular weight excluding hydrogens is 303 g/mol. The molecule has 4 heteroatoms. The third-order valence-electron chi connectivity index (χ3n) is 3.02. The summed E-state index contributed by atoms with van der Waals surface area (Å²) in [6, 6.07) is 7.09. The van der Waals surface area contributed by atoms with Crippen molar-refractivity contribution in [2.24, 2.45) is 0 Å². The van der Waals surface area contributed by atoms with Crippen LogP contribution in [0.25, 0.3) is 0 Å². The van der Waals surface area contributed by atoms with E-state index < -0.39 is 0 Å². The van der Waals surface area contributed by atoms with Gasteiger partial charge >= 0.3 is 0 Å². The first-order valence-corrected chi connectivity index (χ1v) is 6.30.